The molecule has 0 radical (unpaired) electrons. The Balaban J connectivity index is 1.53. The van der Waals surface area contributed by atoms with Crippen molar-refractivity contribution in [3.8, 4) is 0 Å². The second-order valence-corrected chi connectivity index (χ2v) is 9.66. The Morgan fingerprint density at radius 2 is 1.97 bits per heavy atom. The van der Waals surface area contributed by atoms with Crippen LogP contribution in [0.2, 0.25) is 0 Å². The van der Waals surface area contributed by atoms with Gasteiger partial charge in [-0.25, -0.2) is 5.01 Å². The molecule has 2 aromatic heterocycles. The number of carbonyl (C=O) groups excluding carboxylic acids is 2. The average Bonchev–Trinajstić information content (AvgIpc) is 3.56. The van der Waals surface area contributed by atoms with Gasteiger partial charge in [-0.15, -0.1) is 22.7 Å². The van der Waals surface area contributed by atoms with Gasteiger partial charge >= 0.3 is 0 Å². The zero-order valence-electron chi connectivity index (χ0n) is 17.2. The molecule has 4 rings (SSSR count). The highest BCUT2D eigenvalue weighted by molar-refractivity contribution is 7.12. The van der Waals surface area contributed by atoms with E-state index in [9.17, 15) is 9.59 Å². The van der Waals surface area contributed by atoms with Crippen LogP contribution in [0, 0.1) is 5.92 Å². The molecule has 0 saturated heterocycles. The van der Waals surface area contributed by atoms with Gasteiger partial charge in [0.15, 0.2) is 0 Å². The second-order valence-electron chi connectivity index (χ2n) is 7.73. The topological polar surface area (TPSA) is 62.2 Å². The summed E-state index contributed by atoms with van der Waals surface area (Å²) < 4.78 is 5.19. The van der Waals surface area contributed by atoms with E-state index in [1.54, 1.807) is 39.7 Å². The average molecular weight is 446 g/mol. The fourth-order valence-corrected chi connectivity index (χ4v) is 5.70. The van der Waals surface area contributed by atoms with Crippen molar-refractivity contribution >= 4 is 40.2 Å². The molecule has 0 bridgehead atoms. The van der Waals surface area contributed by atoms with Crippen LogP contribution in [0.5, 0.6) is 0 Å². The molecule has 1 aliphatic heterocycles. The van der Waals surface area contributed by atoms with Gasteiger partial charge in [0.2, 0.25) is 5.91 Å². The number of ether oxygens (including phenoxy) is 1. The number of methoxy groups -OCH3 is 1. The first kappa shape index (κ1) is 21.2. The molecule has 30 heavy (non-hydrogen) atoms. The van der Waals surface area contributed by atoms with Crippen LogP contribution in [0.4, 0.5) is 0 Å². The lowest BCUT2D eigenvalue weighted by Gasteiger charge is -2.28. The van der Waals surface area contributed by atoms with Crippen molar-refractivity contribution in [3.05, 3.63) is 44.8 Å². The fourth-order valence-electron chi connectivity index (χ4n) is 4.17. The SMILES string of the molecule is COCCN(CC(=O)N1N=C(c2cccs2)C[C@H]1c1cccs1)C(=O)C1CCCC1. The number of hydrogen-bond donors (Lipinski definition) is 0. The van der Waals surface area contributed by atoms with E-state index in [2.05, 4.69) is 6.07 Å². The van der Waals surface area contributed by atoms with Gasteiger partial charge in [0.1, 0.15) is 6.54 Å². The van der Waals surface area contributed by atoms with E-state index in [0.717, 1.165) is 41.1 Å². The summed E-state index contributed by atoms with van der Waals surface area (Å²) in [5, 5.41) is 10.4. The molecule has 1 aliphatic carbocycles. The smallest absolute Gasteiger partial charge is 0.262 e. The van der Waals surface area contributed by atoms with Crippen LogP contribution in [0.3, 0.4) is 0 Å². The van der Waals surface area contributed by atoms with Gasteiger partial charge < -0.3 is 9.64 Å². The third-order valence-corrected chi connectivity index (χ3v) is 7.64. The first-order chi connectivity index (χ1) is 14.7. The molecule has 160 valence electrons. The standard InChI is InChI=1S/C22H27N3O3S2/c1-28-11-10-24(22(27)16-6-2-3-7-16)15-21(26)25-18(20-9-5-13-30-20)14-17(23-25)19-8-4-12-29-19/h4-5,8-9,12-13,16,18H,2-3,6-7,10-11,14-15H2,1H3/t18-/m0/s1. The predicted octanol–water partition coefficient (Wildman–Crippen LogP) is 4.15. The minimum absolute atomic E-state index is 0.0338. The lowest BCUT2D eigenvalue weighted by Crippen LogP contribution is -2.44. The first-order valence-corrected chi connectivity index (χ1v) is 12.2. The zero-order valence-corrected chi connectivity index (χ0v) is 18.8. The summed E-state index contributed by atoms with van der Waals surface area (Å²) in [6, 6.07) is 7.98. The highest BCUT2D eigenvalue weighted by atomic mass is 32.1. The monoisotopic (exact) mass is 445 g/mol. The van der Waals surface area contributed by atoms with E-state index in [0.29, 0.717) is 19.6 Å². The molecule has 3 heterocycles. The summed E-state index contributed by atoms with van der Waals surface area (Å²) in [4.78, 5) is 30.3. The number of thiophene rings is 2. The number of nitrogens with zero attached hydrogens (tertiary/aromatic N) is 3. The third-order valence-electron chi connectivity index (χ3n) is 5.75. The summed E-state index contributed by atoms with van der Waals surface area (Å²) in [7, 11) is 1.62. The lowest BCUT2D eigenvalue weighted by molar-refractivity contribution is -0.144. The Morgan fingerprint density at radius 3 is 2.63 bits per heavy atom. The second kappa shape index (κ2) is 9.85. The molecule has 0 spiro atoms. The molecule has 1 fully saturated rings. The number of rotatable bonds is 8. The maximum atomic E-state index is 13.4. The Bertz CT molecular complexity index is 874. The van der Waals surface area contributed by atoms with Gasteiger partial charge in [-0.1, -0.05) is 25.0 Å². The van der Waals surface area contributed by atoms with Crippen LogP contribution in [0.25, 0.3) is 0 Å². The van der Waals surface area contributed by atoms with Crippen molar-refractivity contribution in [1.82, 2.24) is 9.91 Å². The molecule has 8 heteroatoms. The maximum absolute atomic E-state index is 13.4. The lowest BCUT2D eigenvalue weighted by atomic mass is 10.1. The summed E-state index contributed by atoms with van der Waals surface area (Å²) in [5.74, 6) is -0.0267. The van der Waals surface area contributed by atoms with Crippen LogP contribution in [0.15, 0.2) is 40.1 Å². The van der Waals surface area contributed by atoms with Crippen molar-refractivity contribution < 1.29 is 14.3 Å². The molecule has 2 amide bonds. The Labute approximate surface area is 185 Å². The molecule has 2 aliphatic rings. The Hall–Kier alpha value is -2.03. The minimum Gasteiger partial charge on any atom is -0.383 e. The molecule has 2 aromatic rings. The van der Waals surface area contributed by atoms with Crippen LogP contribution >= 0.6 is 22.7 Å². The van der Waals surface area contributed by atoms with Crippen molar-refractivity contribution in [1.29, 1.82) is 0 Å². The van der Waals surface area contributed by atoms with Crippen molar-refractivity contribution in [2.24, 2.45) is 11.0 Å². The van der Waals surface area contributed by atoms with Gasteiger partial charge in [-0.05, 0) is 35.7 Å². The van der Waals surface area contributed by atoms with Gasteiger partial charge in [0, 0.05) is 30.9 Å². The minimum atomic E-state index is -0.137. The van der Waals surface area contributed by atoms with Gasteiger partial charge in [0.05, 0.1) is 23.2 Å². The van der Waals surface area contributed by atoms with E-state index < -0.39 is 0 Å². The zero-order chi connectivity index (χ0) is 20.9. The highest BCUT2D eigenvalue weighted by Crippen LogP contribution is 2.36. The van der Waals surface area contributed by atoms with E-state index in [1.165, 1.54) is 0 Å². The highest BCUT2D eigenvalue weighted by Gasteiger charge is 2.36. The van der Waals surface area contributed by atoms with E-state index in [4.69, 9.17) is 9.84 Å². The largest absolute Gasteiger partial charge is 0.383 e. The predicted molar refractivity (Wildman–Crippen MR) is 120 cm³/mol. The quantitative estimate of drug-likeness (QED) is 0.613. The molecule has 0 unspecified atom stereocenters. The third kappa shape index (κ3) is 4.66. The van der Waals surface area contributed by atoms with E-state index in [1.807, 2.05) is 29.0 Å². The van der Waals surface area contributed by atoms with Crippen LogP contribution in [-0.2, 0) is 14.3 Å². The molecular weight excluding hydrogens is 418 g/mol. The van der Waals surface area contributed by atoms with Crippen LogP contribution in [-0.4, -0.2) is 54.2 Å². The molecule has 1 saturated carbocycles. The Kier molecular flexibility index (Phi) is 6.97. The van der Waals surface area contributed by atoms with Gasteiger partial charge in [-0.2, -0.15) is 5.10 Å². The number of hydrogen-bond acceptors (Lipinski definition) is 6. The molecular formula is C22H27N3O3S2. The van der Waals surface area contributed by atoms with Crippen molar-refractivity contribution in [3.63, 3.8) is 0 Å². The first-order valence-electron chi connectivity index (χ1n) is 10.4. The van der Waals surface area contributed by atoms with E-state index in [-0.39, 0.29) is 30.3 Å². The van der Waals surface area contributed by atoms with E-state index >= 15 is 0 Å². The van der Waals surface area contributed by atoms with Crippen LogP contribution in [0.1, 0.15) is 47.9 Å². The number of hydrazone groups is 1. The molecule has 0 N–H and O–H groups in total. The number of amides is 2. The van der Waals surface area contributed by atoms with Gasteiger partial charge in [0.25, 0.3) is 5.91 Å². The molecule has 6 nitrogen and oxygen atoms in total. The molecule has 0 aromatic carbocycles. The van der Waals surface area contributed by atoms with Crippen molar-refractivity contribution in [2.45, 2.75) is 38.1 Å². The van der Waals surface area contributed by atoms with Crippen LogP contribution < -0.4 is 0 Å². The summed E-state index contributed by atoms with van der Waals surface area (Å²) in [6.07, 6.45) is 4.70. The summed E-state index contributed by atoms with van der Waals surface area (Å²) in [6.45, 7) is 0.891. The van der Waals surface area contributed by atoms with Gasteiger partial charge in [-0.3, -0.25) is 9.59 Å². The Morgan fingerprint density at radius 1 is 1.20 bits per heavy atom. The maximum Gasteiger partial charge on any atom is 0.262 e. The summed E-state index contributed by atoms with van der Waals surface area (Å²) in [5.41, 5.74) is 0.933. The molecule has 1 atom stereocenters. The number of carbonyl (C=O) groups is 2. The summed E-state index contributed by atoms with van der Waals surface area (Å²) >= 11 is 3.27. The normalized spacial score (nSPS) is 19.3. The van der Waals surface area contributed by atoms with Crippen molar-refractivity contribution in [2.75, 3.05) is 26.8 Å². The fraction of sp³-hybridized carbons (Fsp3) is 0.500.